The maximum atomic E-state index is 13.1. The number of rotatable bonds is 6. The highest BCUT2D eigenvalue weighted by molar-refractivity contribution is 7.89. The summed E-state index contributed by atoms with van der Waals surface area (Å²) in [5, 5.41) is 2.86. The molecule has 0 spiro atoms. The normalized spacial score (nSPS) is 18.0. The summed E-state index contributed by atoms with van der Waals surface area (Å²) in [6, 6.07) is 12.1. The number of carbonyl (C=O) groups is 1. The van der Waals surface area contributed by atoms with Crippen molar-refractivity contribution < 1.29 is 22.3 Å². The second-order valence-electron chi connectivity index (χ2n) is 6.78. The van der Waals surface area contributed by atoms with E-state index in [4.69, 9.17) is 4.74 Å². The largest absolute Gasteiger partial charge is 0.380 e. The molecule has 1 aliphatic heterocycles. The van der Waals surface area contributed by atoms with Crippen LogP contribution in [0.2, 0.25) is 0 Å². The fraction of sp³-hybridized carbons (Fsp3) is 0.350. The van der Waals surface area contributed by atoms with Gasteiger partial charge in [-0.25, -0.2) is 12.8 Å². The first kappa shape index (κ1) is 20.4. The molecule has 1 amide bonds. The van der Waals surface area contributed by atoms with Crippen LogP contribution in [0.5, 0.6) is 0 Å². The monoisotopic (exact) mass is 406 g/mol. The summed E-state index contributed by atoms with van der Waals surface area (Å²) in [4.78, 5) is 12.7. The second kappa shape index (κ2) is 8.81. The third-order valence-corrected chi connectivity index (χ3v) is 6.59. The predicted molar refractivity (Wildman–Crippen MR) is 104 cm³/mol. The molecule has 28 heavy (non-hydrogen) atoms. The van der Waals surface area contributed by atoms with E-state index >= 15 is 0 Å². The van der Waals surface area contributed by atoms with E-state index in [0.29, 0.717) is 31.7 Å². The van der Waals surface area contributed by atoms with Gasteiger partial charge in [-0.1, -0.05) is 12.1 Å². The zero-order valence-corrected chi connectivity index (χ0v) is 16.4. The van der Waals surface area contributed by atoms with Crippen LogP contribution in [0.1, 0.15) is 18.4 Å². The number of ether oxygens (including phenoxy) is 1. The number of hydrogen-bond donors (Lipinski definition) is 1. The van der Waals surface area contributed by atoms with Gasteiger partial charge < -0.3 is 10.1 Å². The van der Waals surface area contributed by atoms with Crippen LogP contribution in [0.4, 0.5) is 10.1 Å². The first-order chi connectivity index (χ1) is 13.4. The Morgan fingerprint density at radius 3 is 2.71 bits per heavy atom. The smallest absolute Gasteiger partial charge is 0.243 e. The molecule has 2 aromatic rings. The summed E-state index contributed by atoms with van der Waals surface area (Å²) in [6.07, 6.45) is 1.20. The molecule has 1 fully saturated rings. The molecule has 1 unspecified atom stereocenters. The molecule has 1 N–H and O–H groups in total. The predicted octanol–water partition coefficient (Wildman–Crippen LogP) is 3.01. The zero-order valence-electron chi connectivity index (χ0n) is 15.6. The fourth-order valence-corrected chi connectivity index (χ4v) is 4.80. The van der Waals surface area contributed by atoms with Crippen LogP contribution in [0.25, 0.3) is 0 Å². The number of amides is 1. The van der Waals surface area contributed by atoms with Crippen LogP contribution in [0.15, 0.2) is 53.4 Å². The highest BCUT2D eigenvalue weighted by Crippen LogP contribution is 2.25. The summed E-state index contributed by atoms with van der Waals surface area (Å²) < 4.78 is 45.1. The molecule has 0 saturated carbocycles. The number of sulfonamides is 1. The average Bonchev–Trinajstić information content (AvgIpc) is 2.69. The van der Waals surface area contributed by atoms with Crippen molar-refractivity contribution in [2.45, 2.75) is 24.3 Å². The minimum Gasteiger partial charge on any atom is -0.380 e. The number of nitrogens with one attached hydrogen (secondary N) is 1. The van der Waals surface area contributed by atoms with Crippen molar-refractivity contribution in [1.82, 2.24) is 4.31 Å². The SMILES string of the molecule is COCc1cccc(NC(=O)C2CCCN(S(=O)(=O)c3ccc(F)cc3)C2)c1. The average molecular weight is 406 g/mol. The lowest BCUT2D eigenvalue weighted by Gasteiger charge is -2.31. The molecule has 6 nitrogen and oxygen atoms in total. The molecule has 2 aromatic carbocycles. The van der Waals surface area contributed by atoms with Crippen LogP contribution in [0.3, 0.4) is 0 Å². The van der Waals surface area contributed by atoms with Gasteiger partial charge >= 0.3 is 0 Å². The van der Waals surface area contributed by atoms with Crippen LogP contribution in [0, 0.1) is 11.7 Å². The van der Waals surface area contributed by atoms with Crippen molar-refractivity contribution in [2.24, 2.45) is 5.92 Å². The number of anilines is 1. The summed E-state index contributed by atoms with van der Waals surface area (Å²) in [6.45, 7) is 0.882. The van der Waals surface area contributed by atoms with Gasteiger partial charge in [-0.05, 0) is 54.8 Å². The Balaban J connectivity index is 1.69. The van der Waals surface area contributed by atoms with Gasteiger partial charge in [0.05, 0.1) is 17.4 Å². The van der Waals surface area contributed by atoms with E-state index in [2.05, 4.69) is 5.32 Å². The molecule has 3 rings (SSSR count). The van der Waals surface area contributed by atoms with Crippen molar-refractivity contribution in [3.05, 3.63) is 59.9 Å². The minimum absolute atomic E-state index is 0.0298. The van der Waals surface area contributed by atoms with E-state index in [-0.39, 0.29) is 17.3 Å². The quantitative estimate of drug-likeness (QED) is 0.800. The third-order valence-electron chi connectivity index (χ3n) is 4.71. The summed E-state index contributed by atoms with van der Waals surface area (Å²) in [5.41, 5.74) is 1.59. The number of methoxy groups -OCH3 is 1. The van der Waals surface area contributed by atoms with E-state index in [1.54, 1.807) is 13.2 Å². The molecule has 0 aliphatic carbocycles. The molecule has 1 aliphatic rings. The van der Waals surface area contributed by atoms with Crippen LogP contribution >= 0.6 is 0 Å². The lowest BCUT2D eigenvalue weighted by molar-refractivity contribution is -0.120. The van der Waals surface area contributed by atoms with E-state index < -0.39 is 21.8 Å². The minimum atomic E-state index is -3.76. The topological polar surface area (TPSA) is 75.7 Å². The Hall–Kier alpha value is -2.29. The van der Waals surface area contributed by atoms with Gasteiger partial charge in [-0.3, -0.25) is 4.79 Å². The Labute approximate surface area is 164 Å². The molecule has 1 saturated heterocycles. The van der Waals surface area contributed by atoms with Gasteiger partial charge in [-0.2, -0.15) is 4.31 Å². The lowest BCUT2D eigenvalue weighted by atomic mass is 9.98. The van der Waals surface area contributed by atoms with Crippen molar-refractivity contribution in [2.75, 3.05) is 25.5 Å². The first-order valence-corrected chi connectivity index (χ1v) is 10.5. The van der Waals surface area contributed by atoms with E-state index in [0.717, 1.165) is 17.7 Å². The molecule has 1 heterocycles. The zero-order chi connectivity index (χ0) is 20.1. The van der Waals surface area contributed by atoms with Gasteiger partial charge in [0.2, 0.25) is 15.9 Å². The van der Waals surface area contributed by atoms with Crippen LogP contribution in [-0.4, -0.2) is 38.8 Å². The van der Waals surface area contributed by atoms with Gasteiger partial charge in [0, 0.05) is 25.9 Å². The molecule has 1 atom stereocenters. The summed E-state index contributed by atoms with van der Waals surface area (Å²) in [7, 11) is -2.16. The van der Waals surface area contributed by atoms with Crippen molar-refractivity contribution in [3.63, 3.8) is 0 Å². The molecular weight excluding hydrogens is 383 g/mol. The van der Waals surface area contributed by atoms with E-state index in [1.165, 1.54) is 16.4 Å². The summed E-state index contributed by atoms with van der Waals surface area (Å²) >= 11 is 0. The first-order valence-electron chi connectivity index (χ1n) is 9.04. The Morgan fingerprint density at radius 2 is 2.00 bits per heavy atom. The fourth-order valence-electron chi connectivity index (χ4n) is 3.28. The third kappa shape index (κ3) is 4.76. The Morgan fingerprint density at radius 1 is 1.25 bits per heavy atom. The molecule has 0 aromatic heterocycles. The Bertz CT molecular complexity index is 931. The second-order valence-corrected chi connectivity index (χ2v) is 8.72. The Kier molecular flexibility index (Phi) is 6.43. The van der Waals surface area contributed by atoms with E-state index in [9.17, 15) is 17.6 Å². The summed E-state index contributed by atoms with van der Waals surface area (Å²) in [5.74, 6) is -1.16. The number of halogens is 1. The number of piperidine rings is 1. The van der Waals surface area contributed by atoms with Crippen molar-refractivity contribution in [1.29, 1.82) is 0 Å². The van der Waals surface area contributed by atoms with Gasteiger partial charge in [-0.15, -0.1) is 0 Å². The molecule has 8 heteroatoms. The highest BCUT2D eigenvalue weighted by Gasteiger charge is 2.33. The van der Waals surface area contributed by atoms with E-state index in [1.807, 2.05) is 18.2 Å². The number of nitrogens with zero attached hydrogens (tertiary/aromatic N) is 1. The van der Waals surface area contributed by atoms with Crippen LogP contribution < -0.4 is 5.32 Å². The van der Waals surface area contributed by atoms with Gasteiger partial charge in [0.25, 0.3) is 0 Å². The molecule has 0 radical (unpaired) electrons. The number of benzene rings is 2. The van der Waals surface area contributed by atoms with Crippen molar-refractivity contribution in [3.8, 4) is 0 Å². The standard InChI is InChI=1S/C20H23FN2O4S/c1-27-14-15-4-2-6-18(12-15)22-20(24)16-5-3-11-23(13-16)28(25,26)19-9-7-17(21)8-10-19/h2,4,6-10,12,16H,3,5,11,13-14H2,1H3,(H,22,24). The number of carbonyl (C=O) groups excluding carboxylic acids is 1. The van der Waals surface area contributed by atoms with Gasteiger partial charge in [0.1, 0.15) is 5.82 Å². The van der Waals surface area contributed by atoms with Crippen LogP contribution in [-0.2, 0) is 26.2 Å². The lowest BCUT2D eigenvalue weighted by Crippen LogP contribution is -2.43. The molecular formula is C20H23FN2O4S. The maximum absolute atomic E-state index is 13.1. The number of hydrogen-bond acceptors (Lipinski definition) is 4. The van der Waals surface area contributed by atoms with Gasteiger partial charge in [0.15, 0.2) is 0 Å². The van der Waals surface area contributed by atoms with Crippen molar-refractivity contribution >= 4 is 21.6 Å². The molecule has 150 valence electrons. The molecule has 0 bridgehead atoms. The maximum Gasteiger partial charge on any atom is 0.243 e. The highest BCUT2D eigenvalue weighted by atomic mass is 32.2.